The van der Waals surface area contributed by atoms with Gasteiger partial charge in [-0.05, 0) is 25.1 Å². The molecular weight excluding hydrogens is 263 g/mol. The smallest absolute Gasteiger partial charge is 0.321 e. The number of aliphatic hydroxyl groups is 1. The van der Waals surface area contributed by atoms with E-state index in [1.165, 1.54) is 4.90 Å². The topological polar surface area (TPSA) is 52.6 Å². The highest BCUT2D eigenvalue weighted by atomic mass is 35.5. The number of rotatable bonds is 3. The highest BCUT2D eigenvalue weighted by Crippen LogP contribution is 2.22. The first kappa shape index (κ1) is 14.1. The lowest BCUT2D eigenvalue weighted by molar-refractivity contribution is 0.149. The number of urea groups is 1. The molecule has 2 amide bonds. The Labute approximate surface area is 110 Å². The van der Waals surface area contributed by atoms with E-state index in [-0.39, 0.29) is 12.6 Å². The van der Waals surface area contributed by atoms with E-state index in [2.05, 4.69) is 5.32 Å². The van der Waals surface area contributed by atoms with Gasteiger partial charge in [0.15, 0.2) is 0 Å². The maximum atomic E-state index is 11.7. The summed E-state index contributed by atoms with van der Waals surface area (Å²) in [5.41, 5.74) is 0.518. The monoisotopic (exact) mass is 276 g/mol. The van der Waals surface area contributed by atoms with Crippen molar-refractivity contribution in [2.45, 2.75) is 13.0 Å². The number of nitrogens with zero attached hydrogens (tertiary/aromatic N) is 1. The summed E-state index contributed by atoms with van der Waals surface area (Å²) in [4.78, 5) is 13.1. The molecular formula is C11H14Cl2N2O2. The number of anilines is 1. The van der Waals surface area contributed by atoms with E-state index in [0.717, 1.165) is 0 Å². The molecule has 0 radical (unpaired) electrons. The van der Waals surface area contributed by atoms with Gasteiger partial charge in [0.2, 0.25) is 0 Å². The van der Waals surface area contributed by atoms with Gasteiger partial charge in [-0.1, -0.05) is 23.2 Å². The van der Waals surface area contributed by atoms with Crippen LogP contribution in [0.3, 0.4) is 0 Å². The van der Waals surface area contributed by atoms with Crippen LogP contribution in [-0.4, -0.2) is 35.7 Å². The molecule has 1 rings (SSSR count). The summed E-state index contributed by atoms with van der Waals surface area (Å²) in [6.45, 7) is 1.86. The van der Waals surface area contributed by atoms with E-state index in [9.17, 15) is 4.79 Å². The summed E-state index contributed by atoms with van der Waals surface area (Å²) in [5.74, 6) is 0. The molecule has 94 valence electrons. The second-order valence-corrected chi connectivity index (χ2v) is 4.69. The van der Waals surface area contributed by atoms with Gasteiger partial charge < -0.3 is 15.3 Å². The van der Waals surface area contributed by atoms with Gasteiger partial charge in [-0.3, -0.25) is 0 Å². The van der Waals surface area contributed by atoms with Crippen LogP contribution in [0.5, 0.6) is 0 Å². The van der Waals surface area contributed by atoms with Crippen LogP contribution < -0.4 is 5.32 Å². The number of benzene rings is 1. The van der Waals surface area contributed by atoms with Gasteiger partial charge in [0, 0.05) is 29.3 Å². The zero-order valence-electron chi connectivity index (χ0n) is 9.58. The number of halogens is 2. The molecule has 1 aromatic rings. The molecule has 6 heteroatoms. The Morgan fingerprint density at radius 3 is 2.41 bits per heavy atom. The lowest BCUT2D eigenvalue weighted by atomic mass is 10.3. The summed E-state index contributed by atoms with van der Waals surface area (Å²) < 4.78 is 0. The van der Waals surface area contributed by atoms with Crippen LogP contribution in [0.2, 0.25) is 10.0 Å². The molecule has 0 saturated heterocycles. The third-order valence-corrected chi connectivity index (χ3v) is 2.44. The minimum atomic E-state index is -0.575. The molecule has 0 aliphatic rings. The summed E-state index contributed by atoms with van der Waals surface area (Å²) in [6.07, 6.45) is -0.575. The number of carbonyl (C=O) groups is 1. The van der Waals surface area contributed by atoms with E-state index < -0.39 is 6.10 Å². The predicted octanol–water partition coefficient (Wildman–Crippen LogP) is 2.84. The summed E-state index contributed by atoms with van der Waals surface area (Å²) >= 11 is 11.6. The minimum Gasteiger partial charge on any atom is -0.392 e. The quantitative estimate of drug-likeness (QED) is 0.892. The van der Waals surface area contributed by atoms with E-state index in [1.807, 2.05) is 0 Å². The van der Waals surface area contributed by atoms with Crippen molar-refractivity contribution < 1.29 is 9.90 Å². The van der Waals surface area contributed by atoms with Gasteiger partial charge in [-0.15, -0.1) is 0 Å². The Morgan fingerprint density at radius 1 is 1.41 bits per heavy atom. The average molecular weight is 277 g/mol. The molecule has 0 aliphatic carbocycles. The molecule has 1 aromatic carbocycles. The molecule has 0 fully saturated rings. The molecule has 4 nitrogen and oxygen atoms in total. The van der Waals surface area contributed by atoms with E-state index in [4.69, 9.17) is 28.3 Å². The van der Waals surface area contributed by atoms with Crippen LogP contribution in [0.4, 0.5) is 10.5 Å². The maximum Gasteiger partial charge on any atom is 0.321 e. The zero-order chi connectivity index (χ0) is 13.0. The van der Waals surface area contributed by atoms with Crippen molar-refractivity contribution in [1.82, 2.24) is 4.90 Å². The Kier molecular flexibility index (Phi) is 5.05. The van der Waals surface area contributed by atoms with Crippen molar-refractivity contribution >= 4 is 34.9 Å². The number of aliphatic hydroxyl groups excluding tert-OH is 1. The molecule has 17 heavy (non-hydrogen) atoms. The molecule has 0 heterocycles. The third-order valence-electron chi connectivity index (χ3n) is 2.00. The second kappa shape index (κ2) is 6.10. The number of hydrogen-bond donors (Lipinski definition) is 2. The van der Waals surface area contributed by atoms with Crippen LogP contribution in [0.15, 0.2) is 18.2 Å². The number of amides is 2. The van der Waals surface area contributed by atoms with Crippen molar-refractivity contribution in [3.8, 4) is 0 Å². The Morgan fingerprint density at radius 2 is 1.94 bits per heavy atom. The van der Waals surface area contributed by atoms with Gasteiger partial charge in [-0.25, -0.2) is 4.79 Å². The lowest BCUT2D eigenvalue weighted by Gasteiger charge is -2.19. The SMILES string of the molecule is CC(O)CN(C)C(=O)Nc1cc(Cl)cc(Cl)c1. The van der Waals surface area contributed by atoms with Gasteiger partial charge >= 0.3 is 6.03 Å². The summed E-state index contributed by atoms with van der Waals surface area (Å²) in [5, 5.41) is 12.7. The molecule has 1 atom stereocenters. The van der Waals surface area contributed by atoms with Crippen molar-refractivity contribution in [2.24, 2.45) is 0 Å². The first-order valence-electron chi connectivity index (χ1n) is 5.04. The van der Waals surface area contributed by atoms with Crippen molar-refractivity contribution in [3.63, 3.8) is 0 Å². The highest BCUT2D eigenvalue weighted by molar-refractivity contribution is 6.35. The predicted molar refractivity (Wildman–Crippen MR) is 69.8 cm³/mol. The molecule has 0 spiro atoms. The molecule has 0 aromatic heterocycles. The Balaban J connectivity index is 2.67. The largest absolute Gasteiger partial charge is 0.392 e. The standard InChI is InChI=1S/C11H14Cl2N2O2/c1-7(16)6-15(2)11(17)14-10-4-8(12)3-9(13)5-10/h3-5,7,16H,6H2,1-2H3,(H,14,17). The highest BCUT2D eigenvalue weighted by Gasteiger charge is 2.11. The van der Waals surface area contributed by atoms with Gasteiger partial charge in [0.1, 0.15) is 0 Å². The van der Waals surface area contributed by atoms with Gasteiger partial charge in [-0.2, -0.15) is 0 Å². The molecule has 1 unspecified atom stereocenters. The average Bonchev–Trinajstić information content (AvgIpc) is 2.14. The van der Waals surface area contributed by atoms with Crippen LogP contribution in [0, 0.1) is 0 Å². The molecule has 0 aliphatic heterocycles. The van der Waals surface area contributed by atoms with Crippen molar-refractivity contribution in [3.05, 3.63) is 28.2 Å². The van der Waals surface area contributed by atoms with E-state index in [1.54, 1.807) is 32.2 Å². The number of hydrogen-bond acceptors (Lipinski definition) is 2. The Hall–Kier alpha value is -0.970. The van der Waals surface area contributed by atoms with Crippen LogP contribution in [-0.2, 0) is 0 Å². The van der Waals surface area contributed by atoms with Crippen molar-refractivity contribution in [1.29, 1.82) is 0 Å². The molecule has 0 bridgehead atoms. The second-order valence-electron chi connectivity index (χ2n) is 3.82. The molecule has 0 saturated carbocycles. The minimum absolute atomic E-state index is 0.250. The number of nitrogens with one attached hydrogen (secondary N) is 1. The fourth-order valence-corrected chi connectivity index (χ4v) is 1.85. The lowest BCUT2D eigenvalue weighted by Crippen LogP contribution is -2.36. The Bertz CT molecular complexity index is 390. The fraction of sp³-hybridized carbons (Fsp3) is 0.364. The first-order chi connectivity index (χ1) is 7.88. The number of carbonyl (C=O) groups excluding carboxylic acids is 1. The molecule has 2 N–H and O–H groups in total. The zero-order valence-corrected chi connectivity index (χ0v) is 11.1. The maximum absolute atomic E-state index is 11.7. The van der Waals surface area contributed by atoms with Crippen molar-refractivity contribution in [2.75, 3.05) is 18.9 Å². The van der Waals surface area contributed by atoms with Gasteiger partial charge in [0.25, 0.3) is 0 Å². The first-order valence-corrected chi connectivity index (χ1v) is 5.80. The third kappa shape index (κ3) is 4.81. The van der Waals surface area contributed by atoms with Crippen LogP contribution in [0.1, 0.15) is 6.92 Å². The van der Waals surface area contributed by atoms with Gasteiger partial charge in [0.05, 0.1) is 6.10 Å². The fourth-order valence-electron chi connectivity index (χ4n) is 1.32. The van der Waals surface area contributed by atoms with Crippen LogP contribution in [0.25, 0.3) is 0 Å². The van der Waals surface area contributed by atoms with Crippen LogP contribution >= 0.6 is 23.2 Å². The van der Waals surface area contributed by atoms with E-state index in [0.29, 0.717) is 15.7 Å². The van der Waals surface area contributed by atoms with E-state index >= 15 is 0 Å². The summed E-state index contributed by atoms with van der Waals surface area (Å²) in [7, 11) is 1.59. The summed E-state index contributed by atoms with van der Waals surface area (Å²) in [6, 6.07) is 4.45. The number of likely N-dealkylation sites (N-methyl/N-ethyl adjacent to an activating group) is 1. The normalized spacial score (nSPS) is 12.1.